The van der Waals surface area contributed by atoms with E-state index in [2.05, 4.69) is 0 Å². The molecule has 0 unspecified atom stereocenters. The van der Waals surface area contributed by atoms with Crippen molar-refractivity contribution in [3.8, 4) is 5.75 Å². The van der Waals surface area contributed by atoms with Crippen molar-refractivity contribution < 1.29 is 18.7 Å². The minimum absolute atomic E-state index is 0.0152. The number of aryl methyl sites for hydroxylation is 1. The first-order valence-electron chi connectivity index (χ1n) is 6.39. The minimum atomic E-state index is -0.529. The Hall–Kier alpha value is -1.71. The second-order valence-electron chi connectivity index (χ2n) is 5.13. The Morgan fingerprint density at radius 3 is 2.53 bits per heavy atom. The Labute approximate surface area is 111 Å². The van der Waals surface area contributed by atoms with Crippen molar-refractivity contribution in [1.29, 1.82) is 0 Å². The number of halogens is 1. The van der Waals surface area contributed by atoms with E-state index in [0.717, 1.165) is 5.56 Å². The quantitative estimate of drug-likeness (QED) is 0.785. The van der Waals surface area contributed by atoms with Crippen LogP contribution >= 0.6 is 0 Å². The van der Waals surface area contributed by atoms with Gasteiger partial charge in [0.15, 0.2) is 0 Å². The molecule has 0 radical (unpaired) electrons. The van der Waals surface area contributed by atoms with Crippen LogP contribution in [0.15, 0.2) is 18.2 Å². The van der Waals surface area contributed by atoms with E-state index in [1.807, 2.05) is 13.0 Å². The molecule has 0 saturated heterocycles. The summed E-state index contributed by atoms with van der Waals surface area (Å²) in [6, 6.07) is 5.24. The molecule has 4 heteroatoms. The Balaban J connectivity index is 1.96. The summed E-state index contributed by atoms with van der Waals surface area (Å²) in [7, 11) is 0. The van der Waals surface area contributed by atoms with Crippen molar-refractivity contribution in [2.45, 2.75) is 32.9 Å². The van der Waals surface area contributed by atoms with Crippen LogP contribution in [0.25, 0.3) is 0 Å². The standard InChI is InChI=1S/C15H17FO3/c1-10-2-11(8-16)6-15(3-10)19-9-12-4-13(17)7-14(18)5-12/h2-3,6,12H,4-5,7-9H2,1H3. The van der Waals surface area contributed by atoms with Gasteiger partial charge < -0.3 is 4.74 Å². The number of carbonyl (C=O) groups excluding carboxylic acids is 2. The summed E-state index contributed by atoms with van der Waals surface area (Å²) in [5.74, 6) is 0.512. The third kappa shape index (κ3) is 3.88. The van der Waals surface area contributed by atoms with Crippen LogP contribution in [-0.2, 0) is 16.3 Å². The molecular formula is C15H17FO3. The second-order valence-corrected chi connectivity index (χ2v) is 5.13. The molecule has 0 atom stereocenters. The fraction of sp³-hybridized carbons (Fsp3) is 0.467. The predicted octanol–water partition coefficient (Wildman–Crippen LogP) is 2.78. The molecule has 0 spiro atoms. The molecule has 3 nitrogen and oxygen atoms in total. The van der Waals surface area contributed by atoms with Crippen molar-refractivity contribution in [3.63, 3.8) is 0 Å². The Bertz CT molecular complexity index is 480. The number of carbonyl (C=O) groups is 2. The lowest BCUT2D eigenvalue weighted by Gasteiger charge is -2.20. The number of rotatable bonds is 4. The maximum atomic E-state index is 12.6. The smallest absolute Gasteiger partial charge is 0.140 e. The van der Waals surface area contributed by atoms with Crippen molar-refractivity contribution in [2.75, 3.05) is 6.61 Å². The topological polar surface area (TPSA) is 43.4 Å². The molecule has 2 rings (SSSR count). The van der Waals surface area contributed by atoms with E-state index >= 15 is 0 Å². The van der Waals surface area contributed by atoms with Gasteiger partial charge in [0.25, 0.3) is 0 Å². The summed E-state index contributed by atoms with van der Waals surface area (Å²) in [6.07, 6.45) is 0.855. The Morgan fingerprint density at radius 1 is 1.21 bits per heavy atom. The second kappa shape index (κ2) is 5.95. The average molecular weight is 264 g/mol. The lowest BCUT2D eigenvalue weighted by molar-refractivity contribution is -0.131. The van der Waals surface area contributed by atoms with E-state index in [-0.39, 0.29) is 23.9 Å². The lowest BCUT2D eigenvalue weighted by atomic mass is 9.88. The maximum Gasteiger partial charge on any atom is 0.140 e. The summed E-state index contributed by atoms with van der Waals surface area (Å²) in [6.45, 7) is 1.67. The van der Waals surface area contributed by atoms with Crippen LogP contribution < -0.4 is 4.74 Å². The van der Waals surface area contributed by atoms with Gasteiger partial charge in [-0.2, -0.15) is 0 Å². The van der Waals surface area contributed by atoms with E-state index in [9.17, 15) is 14.0 Å². The monoisotopic (exact) mass is 264 g/mol. The number of ketones is 2. The maximum absolute atomic E-state index is 12.6. The minimum Gasteiger partial charge on any atom is -0.493 e. The van der Waals surface area contributed by atoms with Crippen LogP contribution in [0.1, 0.15) is 30.4 Å². The number of alkyl halides is 1. The zero-order chi connectivity index (χ0) is 13.8. The van der Waals surface area contributed by atoms with Gasteiger partial charge in [0.2, 0.25) is 0 Å². The zero-order valence-electron chi connectivity index (χ0n) is 10.9. The van der Waals surface area contributed by atoms with E-state index in [0.29, 0.717) is 30.8 Å². The molecular weight excluding hydrogens is 247 g/mol. The highest BCUT2D eigenvalue weighted by molar-refractivity contribution is 6.01. The van der Waals surface area contributed by atoms with Crippen LogP contribution in [0.2, 0.25) is 0 Å². The molecule has 1 aromatic carbocycles. The van der Waals surface area contributed by atoms with Gasteiger partial charge in [-0.15, -0.1) is 0 Å². The first-order chi connectivity index (χ1) is 9.06. The molecule has 19 heavy (non-hydrogen) atoms. The van der Waals surface area contributed by atoms with Gasteiger partial charge >= 0.3 is 0 Å². The van der Waals surface area contributed by atoms with Crippen molar-refractivity contribution in [3.05, 3.63) is 29.3 Å². The number of hydrogen-bond donors (Lipinski definition) is 0. The number of ether oxygens (including phenoxy) is 1. The van der Waals surface area contributed by atoms with Gasteiger partial charge in [-0.25, -0.2) is 4.39 Å². The van der Waals surface area contributed by atoms with E-state index in [4.69, 9.17) is 4.74 Å². The SMILES string of the molecule is Cc1cc(CF)cc(OCC2CC(=O)CC(=O)C2)c1. The van der Waals surface area contributed by atoms with Crippen molar-refractivity contribution in [1.82, 2.24) is 0 Å². The third-order valence-electron chi connectivity index (χ3n) is 3.18. The summed E-state index contributed by atoms with van der Waals surface area (Å²) >= 11 is 0. The van der Waals surface area contributed by atoms with Gasteiger partial charge in [-0.1, -0.05) is 6.07 Å². The highest BCUT2D eigenvalue weighted by atomic mass is 19.1. The molecule has 1 aliphatic carbocycles. The van der Waals surface area contributed by atoms with E-state index in [1.54, 1.807) is 12.1 Å². The molecule has 1 aliphatic rings. The van der Waals surface area contributed by atoms with Gasteiger partial charge in [0, 0.05) is 18.8 Å². The van der Waals surface area contributed by atoms with Crippen LogP contribution in [-0.4, -0.2) is 18.2 Å². The molecule has 0 aromatic heterocycles. The number of hydrogen-bond acceptors (Lipinski definition) is 3. The number of benzene rings is 1. The van der Waals surface area contributed by atoms with Crippen LogP contribution in [0.4, 0.5) is 4.39 Å². The highest BCUT2D eigenvalue weighted by Crippen LogP contribution is 2.22. The van der Waals surface area contributed by atoms with Gasteiger partial charge in [-0.3, -0.25) is 9.59 Å². The molecule has 1 saturated carbocycles. The highest BCUT2D eigenvalue weighted by Gasteiger charge is 2.25. The Morgan fingerprint density at radius 2 is 1.89 bits per heavy atom. The number of Topliss-reactive ketones (excluding diaryl/α,β-unsaturated/α-hetero) is 2. The molecule has 0 N–H and O–H groups in total. The van der Waals surface area contributed by atoms with Crippen LogP contribution in [0, 0.1) is 12.8 Å². The first kappa shape index (κ1) is 13.7. The molecule has 0 amide bonds. The molecule has 0 heterocycles. The summed E-state index contributed by atoms with van der Waals surface area (Å²) in [5.41, 5.74) is 1.51. The van der Waals surface area contributed by atoms with Crippen LogP contribution in [0.3, 0.4) is 0 Å². The molecule has 1 aromatic rings. The fourth-order valence-corrected chi connectivity index (χ4v) is 2.40. The molecule has 0 aliphatic heterocycles. The molecule has 0 bridgehead atoms. The Kier molecular flexibility index (Phi) is 4.30. The third-order valence-corrected chi connectivity index (χ3v) is 3.18. The first-order valence-corrected chi connectivity index (χ1v) is 6.39. The summed E-state index contributed by atoms with van der Waals surface area (Å²) < 4.78 is 18.2. The van der Waals surface area contributed by atoms with E-state index < -0.39 is 6.67 Å². The lowest BCUT2D eigenvalue weighted by Crippen LogP contribution is -2.26. The zero-order valence-corrected chi connectivity index (χ0v) is 10.9. The average Bonchev–Trinajstić information content (AvgIpc) is 2.34. The van der Waals surface area contributed by atoms with Crippen molar-refractivity contribution in [2.24, 2.45) is 5.92 Å². The fourth-order valence-electron chi connectivity index (χ4n) is 2.40. The molecule has 102 valence electrons. The van der Waals surface area contributed by atoms with E-state index in [1.165, 1.54) is 0 Å². The largest absolute Gasteiger partial charge is 0.493 e. The normalized spacial score (nSPS) is 16.7. The summed E-state index contributed by atoms with van der Waals surface area (Å²) in [4.78, 5) is 22.6. The van der Waals surface area contributed by atoms with Crippen molar-refractivity contribution >= 4 is 11.6 Å². The van der Waals surface area contributed by atoms with Gasteiger partial charge in [0.05, 0.1) is 13.0 Å². The van der Waals surface area contributed by atoms with Crippen LogP contribution in [0.5, 0.6) is 5.75 Å². The summed E-state index contributed by atoms with van der Waals surface area (Å²) in [5, 5.41) is 0. The predicted molar refractivity (Wildman–Crippen MR) is 68.8 cm³/mol. The van der Waals surface area contributed by atoms with Gasteiger partial charge in [-0.05, 0) is 30.2 Å². The molecule has 1 fully saturated rings. The van der Waals surface area contributed by atoms with Gasteiger partial charge in [0.1, 0.15) is 24.0 Å².